The molecule has 3 nitrogen and oxygen atoms in total. The molecule has 0 spiro atoms. The first-order chi connectivity index (χ1) is 6.98. The molecule has 0 aromatic heterocycles. The Morgan fingerprint density at radius 2 is 2.20 bits per heavy atom. The molecule has 1 aliphatic rings. The molecule has 0 radical (unpaired) electrons. The van der Waals surface area contributed by atoms with Crippen LogP contribution in [-0.2, 0) is 15.5 Å². The molecule has 1 aliphatic heterocycles. The van der Waals surface area contributed by atoms with E-state index in [0.717, 1.165) is 17.7 Å². The molecule has 82 valence electrons. The summed E-state index contributed by atoms with van der Waals surface area (Å²) in [5, 5.41) is -0.676. The summed E-state index contributed by atoms with van der Waals surface area (Å²) in [7, 11) is 1.77. The molecule has 0 saturated heterocycles. The highest BCUT2D eigenvalue weighted by atomic mass is 35.7. The van der Waals surface area contributed by atoms with Gasteiger partial charge in [-0.05, 0) is 24.1 Å². The van der Waals surface area contributed by atoms with Crippen LogP contribution in [0, 0.1) is 0 Å². The van der Waals surface area contributed by atoms with Gasteiger partial charge in [-0.1, -0.05) is 12.1 Å². The molecule has 1 aromatic rings. The second-order valence-corrected chi connectivity index (χ2v) is 6.53. The van der Waals surface area contributed by atoms with E-state index in [0.29, 0.717) is 12.2 Å². The number of hydrogen-bond acceptors (Lipinski definition) is 3. The normalized spacial score (nSPS) is 16.9. The maximum absolute atomic E-state index is 11.2. The molecular formula is C10H11ClO3S. The first-order valence-corrected chi connectivity index (χ1v) is 7.05. The number of fused-ring (bicyclic) bond motifs is 1. The van der Waals surface area contributed by atoms with Gasteiger partial charge >= 0.3 is 0 Å². The van der Waals surface area contributed by atoms with Crippen molar-refractivity contribution in [2.45, 2.75) is 18.6 Å². The lowest BCUT2D eigenvalue weighted by atomic mass is 10.1. The van der Waals surface area contributed by atoms with Crippen molar-refractivity contribution in [1.29, 1.82) is 0 Å². The van der Waals surface area contributed by atoms with Crippen LogP contribution in [0.4, 0.5) is 0 Å². The zero-order valence-corrected chi connectivity index (χ0v) is 9.81. The van der Waals surface area contributed by atoms with Crippen LogP contribution in [0.15, 0.2) is 18.2 Å². The lowest BCUT2D eigenvalue weighted by Gasteiger charge is -2.09. The standard InChI is InChI=1S/C10H11ClO3S/c1-7(15(11,12)13)8-2-3-10-9(6-8)4-5-14-10/h2-3,6-7H,4-5H2,1H3. The van der Waals surface area contributed by atoms with Gasteiger partial charge in [0.2, 0.25) is 9.05 Å². The summed E-state index contributed by atoms with van der Waals surface area (Å²) in [6.45, 7) is 2.25. The summed E-state index contributed by atoms with van der Waals surface area (Å²) in [5.74, 6) is 0.845. The molecule has 1 atom stereocenters. The summed E-state index contributed by atoms with van der Waals surface area (Å²) in [4.78, 5) is 0. The van der Waals surface area contributed by atoms with Crippen molar-refractivity contribution >= 4 is 19.7 Å². The van der Waals surface area contributed by atoms with Gasteiger partial charge in [-0.25, -0.2) is 8.42 Å². The maximum atomic E-state index is 11.2. The minimum absolute atomic E-state index is 0.667. The first kappa shape index (κ1) is 10.8. The Morgan fingerprint density at radius 3 is 2.87 bits per heavy atom. The van der Waals surface area contributed by atoms with Gasteiger partial charge in [-0.2, -0.15) is 0 Å². The minimum Gasteiger partial charge on any atom is -0.493 e. The summed E-state index contributed by atoms with van der Waals surface area (Å²) >= 11 is 0. The third kappa shape index (κ3) is 2.11. The van der Waals surface area contributed by atoms with Gasteiger partial charge in [0.15, 0.2) is 0 Å². The fourth-order valence-electron chi connectivity index (χ4n) is 1.62. The summed E-state index contributed by atoms with van der Waals surface area (Å²) in [5.41, 5.74) is 1.77. The maximum Gasteiger partial charge on any atom is 0.239 e. The number of ether oxygens (including phenoxy) is 1. The van der Waals surface area contributed by atoms with Crippen molar-refractivity contribution in [1.82, 2.24) is 0 Å². The number of rotatable bonds is 2. The van der Waals surface area contributed by atoms with Crippen molar-refractivity contribution in [3.63, 3.8) is 0 Å². The SMILES string of the molecule is CC(c1ccc2c(c1)CCO2)S(=O)(=O)Cl. The second-order valence-electron chi connectivity index (χ2n) is 3.58. The highest BCUT2D eigenvalue weighted by Crippen LogP contribution is 2.31. The predicted octanol–water partition coefficient (Wildman–Crippen LogP) is 2.25. The van der Waals surface area contributed by atoms with E-state index in [9.17, 15) is 8.42 Å². The van der Waals surface area contributed by atoms with E-state index in [1.165, 1.54) is 0 Å². The summed E-state index contributed by atoms with van der Waals surface area (Å²) in [6, 6.07) is 5.40. The third-order valence-electron chi connectivity index (χ3n) is 2.61. The zero-order chi connectivity index (χ0) is 11.1. The predicted molar refractivity (Wildman–Crippen MR) is 58.8 cm³/mol. The molecule has 0 amide bonds. The third-order valence-corrected chi connectivity index (χ3v) is 4.52. The van der Waals surface area contributed by atoms with Crippen molar-refractivity contribution < 1.29 is 13.2 Å². The van der Waals surface area contributed by atoms with Gasteiger partial charge in [-0.3, -0.25) is 0 Å². The lowest BCUT2D eigenvalue weighted by Crippen LogP contribution is -2.02. The van der Waals surface area contributed by atoms with Crippen LogP contribution in [0.25, 0.3) is 0 Å². The molecule has 0 fully saturated rings. The molecule has 15 heavy (non-hydrogen) atoms. The number of hydrogen-bond donors (Lipinski definition) is 0. The monoisotopic (exact) mass is 246 g/mol. The van der Waals surface area contributed by atoms with Gasteiger partial charge in [-0.15, -0.1) is 0 Å². The zero-order valence-electron chi connectivity index (χ0n) is 8.23. The van der Waals surface area contributed by atoms with E-state index in [1.54, 1.807) is 19.1 Å². The fraction of sp³-hybridized carbons (Fsp3) is 0.400. The van der Waals surface area contributed by atoms with Crippen LogP contribution < -0.4 is 4.74 Å². The average Bonchev–Trinajstić information content (AvgIpc) is 2.61. The van der Waals surface area contributed by atoms with Gasteiger partial charge in [0.05, 0.1) is 11.9 Å². The Hall–Kier alpha value is -0.740. The van der Waals surface area contributed by atoms with Gasteiger partial charge in [0.25, 0.3) is 0 Å². The Kier molecular flexibility index (Phi) is 2.64. The van der Waals surface area contributed by atoms with E-state index in [4.69, 9.17) is 15.4 Å². The van der Waals surface area contributed by atoms with E-state index >= 15 is 0 Å². The molecule has 5 heteroatoms. The second kappa shape index (κ2) is 3.68. The van der Waals surface area contributed by atoms with Crippen LogP contribution in [0.3, 0.4) is 0 Å². The van der Waals surface area contributed by atoms with Crippen LogP contribution in [0.1, 0.15) is 23.3 Å². The van der Waals surface area contributed by atoms with Gasteiger partial charge < -0.3 is 4.74 Å². The molecule has 2 rings (SSSR count). The highest BCUT2D eigenvalue weighted by molar-refractivity contribution is 8.13. The van der Waals surface area contributed by atoms with E-state index < -0.39 is 14.3 Å². The van der Waals surface area contributed by atoms with Crippen LogP contribution >= 0.6 is 10.7 Å². The molecule has 1 heterocycles. The highest BCUT2D eigenvalue weighted by Gasteiger charge is 2.22. The van der Waals surface area contributed by atoms with E-state index in [2.05, 4.69) is 0 Å². The topological polar surface area (TPSA) is 43.4 Å². The largest absolute Gasteiger partial charge is 0.493 e. The van der Waals surface area contributed by atoms with Crippen LogP contribution in [0.5, 0.6) is 5.75 Å². The van der Waals surface area contributed by atoms with Gasteiger partial charge in [0, 0.05) is 17.1 Å². The van der Waals surface area contributed by atoms with Crippen molar-refractivity contribution in [3.05, 3.63) is 29.3 Å². The molecule has 1 unspecified atom stereocenters. The Balaban J connectivity index is 2.39. The first-order valence-electron chi connectivity index (χ1n) is 4.67. The molecule has 0 saturated carbocycles. The fourth-order valence-corrected chi connectivity index (χ4v) is 2.40. The molecular weight excluding hydrogens is 236 g/mol. The molecule has 0 N–H and O–H groups in total. The minimum atomic E-state index is -3.54. The van der Waals surface area contributed by atoms with E-state index in [-0.39, 0.29) is 0 Å². The number of halogens is 1. The van der Waals surface area contributed by atoms with Crippen molar-refractivity contribution in [2.75, 3.05) is 6.61 Å². The smallest absolute Gasteiger partial charge is 0.239 e. The summed E-state index contributed by atoms with van der Waals surface area (Å²) < 4.78 is 27.7. The molecule has 1 aromatic carbocycles. The van der Waals surface area contributed by atoms with Crippen molar-refractivity contribution in [3.8, 4) is 5.75 Å². The van der Waals surface area contributed by atoms with Crippen LogP contribution in [0.2, 0.25) is 0 Å². The quantitative estimate of drug-likeness (QED) is 0.752. The molecule has 0 bridgehead atoms. The van der Waals surface area contributed by atoms with E-state index in [1.807, 2.05) is 6.07 Å². The van der Waals surface area contributed by atoms with Crippen LogP contribution in [-0.4, -0.2) is 15.0 Å². The van der Waals surface area contributed by atoms with Gasteiger partial charge in [0.1, 0.15) is 5.75 Å². The number of benzene rings is 1. The summed E-state index contributed by atoms with van der Waals surface area (Å²) in [6.07, 6.45) is 0.832. The molecule has 0 aliphatic carbocycles. The Labute approximate surface area is 93.4 Å². The Bertz CT molecular complexity index is 481. The Morgan fingerprint density at radius 1 is 1.47 bits per heavy atom. The lowest BCUT2D eigenvalue weighted by molar-refractivity contribution is 0.357. The van der Waals surface area contributed by atoms with Crippen molar-refractivity contribution in [2.24, 2.45) is 0 Å². The average molecular weight is 247 g/mol.